The zero-order chi connectivity index (χ0) is 12.8. The molecule has 0 aliphatic carbocycles. The minimum atomic E-state index is -0.262. The number of hydrogen-bond donors (Lipinski definition) is 1. The van der Waals surface area contributed by atoms with Gasteiger partial charge >= 0.3 is 0 Å². The maximum Gasteiger partial charge on any atom is 0.0846 e. The summed E-state index contributed by atoms with van der Waals surface area (Å²) in [6, 6.07) is 12.8. The summed E-state index contributed by atoms with van der Waals surface area (Å²) in [6.45, 7) is 4.18. The summed E-state index contributed by atoms with van der Waals surface area (Å²) in [6.07, 6.45) is 3.06. The van der Waals surface area contributed by atoms with Gasteiger partial charge in [0.1, 0.15) is 0 Å². The van der Waals surface area contributed by atoms with Crippen LogP contribution in [0.4, 0.5) is 0 Å². The number of hydrogen-bond acceptors (Lipinski definition) is 2. The normalized spacial score (nSPS) is 18.3. The Morgan fingerprint density at radius 1 is 1.21 bits per heavy atom. The molecule has 0 saturated carbocycles. The van der Waals surface area contributed by atoms with E-state index in [-0.39, 0.29) is 17.8 Å². The van der Waals surface area contributed by atoms with Gasteiger partial charge in [-0.1, -0.05) is 30.3 Å². The molecule has 0 radical (unpaired) electrons. The van der Waals surface area contributed by atoms with Crippen molar-refractivity contribution in [3.8, 4) is 6.07 Å². The first kappa shape index (κ1) is 16.0. The Labute approximate surface area is 121 Å². The molecule has 104 valence electrons. The van der Waals surface area contributed by atoms with E-state index < -0.39 is 0 Å². The van der Waals surface area contributed by atoms with E-state index in [1.807, 2.05) is 18.2 Å². The standard InChI is InChI=1S/C15H21N3.ClH/c16-9-4-10-18-11-7-15(13-17,8-12-18)14-5-2-1-3-6-14;/h1-3,5-6H,4,7-12,16H2;1H. The zero-order valence-corrected chi connectivity index (χ0v) is 12.1. The van der Waals surface area contributed by atoms with Crippen LogP contribution >= 0.6 is 0 Å². The van der Waals surface area contributed by atoms with Crippen LogP contribution in [0.2, 0.25) is 0 Å². The van der Waals surface area contributed by atoms with E-state index in [1.54, 1.807) is 0 Å². The van der Waals surface area contributed by atoms with Gasteiger partial charge in [-0.3, -0.25) is 0 Å². The summed E-state index contributed by atoms with van der Waals surface area (Å²) in [5, 5.41) is 9.58. The van der Waals surface area contributed by atoms with Gasteiger partial charge in [0.05, 0.1) is 18.0 Å². The van der Waals surface area contributed by atoms with E-state index in [2.05, 4.69) is 28.8 Å². The van der Waals surface area contributed by atoms with Crippen LogP contribution in [0.1, 0.15) is 24.8 Å². The maximum atomic E-state index is 9.58. The number of benzene rings is 1. The van der Waals surface area contributed by atoms with Gasteiger partial charge in [-0.05, 0) is 31.5 Å². The van der Waals surface area contributed by atoms with Crippen LogP contribution in [0.15, 0.2) is 30.3 Å². The van der Waals surface area contributed by atoms with Gasteiger partial charge in [0.15, 0.2) is 0 Å². The predicted molar refractivity (Wildman–Crippen MR) is 71.8 cm³/mol. The van der Waals surface area contributed by atoms with E-state index in [1.165, 1.54) is 5.56 Å². The Morgan fingerprint density at radius 3 is 2.37 bits per heavy atom. The third-order valence-corrected chi connectivity index (χ3v) is 3.97. The number of nitriles is 1. The highest BCUT2D eigenvalue weighted by Gasteiger charge is 2.35. The molecule has 1 aliphatic heterocycles. The lowest BCUT2D eigenvalue weighted by atomic mass is 9.74. The Kier molecular flexibility index (Phi) is 6.30. The lowest BCUT2D eigenvalue weighted by molar-refractivity contribution is -0.368. The highest BCUT2D eigenvalue weighted by Crippen LogP contribution is 2.34. The minimum absolute atomic E-state index is 0. The lowest BCUT2D eigenvalue weighted by Crippen LogP contribution is -3.00. The third-order valence-electron chi connectivity index (χ3n) is 3.97. The average molecular weight is 280 g/mol. The average Bonchev–Trinajstić information content (AvgIpc) is 2.46. The summed E-state index contributed by atoms with van der Waals surface area (Å²) in [5.41, 5.74) is 4.81. The molecule has 2 rings (SSSR count). The van der Waals surface area contributed by atoms with Crippen molar-refractivity contribution >= 4 is 0 Å². The predicted octanol–water partition coefficient (Wildman–Crippen LogP) is -1.82. The second-order valence-electron chi connectivity index (χ2n) is 5.11. The minimum Gasteiger partial charge on any atom is -1.00 e. The van der Waals surface area contributed by atoms with Crippen molar-refractivity contribution in [3.05, 3.63) is 35.9 Å². The van der Waals surface area contributed by atoms with Crippen LogP contribution in [-0.4, -0.2) is 31.1 Å². The number of piperidine rings is 1. The Morgan fingerprint density at radius 2 is 1.84 bits per heavy atom. The molecule has 1 aromatic rings. The van der Waals surface area contributed by atoms with Gasteiger partial charge < -0.3 is 23.0 Å². The van der Waals surface area contributed by atoms with Crippen molar-refractivity contribution in [2.45, 2.75) is 24.7 Å². The molecule has 1 saturated heterocycles. The van der Waals surface area contributed by atoms with E-state index in [4.69, 9.17) is 0 Å². The highest BCUT2D eigenvalue weighted by molar-refractivity contribution is 5.33. The van der Waals surface area contributed by atoms with Crippen molar-refractivity contribution in [2.75, 3.05) is 26.2 Å². The van der Waals surface area contributed by atoms with Crippen LogP contribution in [0.5, 0.6) is 0 Å². The molecule has 3 N–H and O–H groups in total. The first-order chi connectivity index (χ1) is 8.80. The topological polar surface area (TPSA) is 54.7 Å². The van der Waals surface area contributed by atoms with Gasteiger partial charge in [-0.2, -0.15) is 5.26 Å². The van der Waals surface area contributed by atoms with Crippen molar-refractivity contribution in [1.29, 1.82) is 5.26 Å². The Bertz CT molecular complexity index is 405. The lowest BCUT2D eigenvalue weighted by Gasteiger charge is -2.37. The van der Waals surface area contributed by atoms with E-state index in [0.717, 1.165) is 45.4 Å². The summed E-state index contributed by atoms with van der Waals surface area (Å²) < 4.78 is 0. The quantitative estimate of drug-likeness (QED) is 0.706. The second kappa shape index (κ2) is 7.49. The fourth-order valence-corrected chi connectivity index (χ4v) is 2.72. The van der Waals surface area contributed by atoms with Crippen LogP contribution in [0.25, 0.3) is 0 Å². The molecule has 0 unspecified atom stereocenters. The number of likely N-dealkylation sites (tertiary alicyclic amines) is 1. The summed E-state index contributed by atoms with van der Waals surface area (Å²) in [5.74, 6) is 0. The molecule has 0 amide bonds. The maximum absolute atomic E-state index is 9.58. The molecule has 0 bridgehead atoms. The highest BCUT2D eigenvalue weighted by atomic mass is 35.5. The molecule has 1 aromatic carbocycles. The number of rotatable bonds is 4. The molecular formula is C15H22ClN3. The van der Waals surface area contributed by atoms with E-state index >= 15 is 0 Å². The summed E-state index contributed by atoms with van der Waals surface area (Å²) in [7, 11) is 0. The van der Waals surface area contributed by atoms with Crippen LogP contribution in [-0.2, 0) is 5.41 Å². The van der Waals surface area contributed by atoms with Gasteiger partial charge in [-0.15, -0.1) is 0 Å². The van der Waals surface area contributed by atoms with Crippen molar-refractivity contribution in [2.24, 2.45) is 0 Å². The van der Waals surface area contributed by atoms with Gasteiger partial charge in [0, 0.05) is 13.0 Å². The molecule has 1 aliphatic rings. The van der Waals surface area contributed by atoms with Gasteiger partial charge in [0.2, 0.25) is 0 Å². The van der Waals surface area contributed by atoms with Gasteiger partial charge in [-0.25, -0.2) is 0 Å². The molecule has 3 nitrogen and oxygen atoms in total. The molecule has 0 spiro atoms. The smallest absolute Gasteiger partial charge is 0.0846 e. The number of halogens is 1. The van der Waals surface area contributed by atoms with E-state index in [9.17, 15) is 5.26 Å². The number of nitrogens with zero attached hydrogens (tertiary/aromatic N) is 2. The summed E-state index contributed by atoms with van der Waals surface area (Å²) in [4.78, 5) is 2.46. The fourth-order valence-electron chi connectivity index (χ4n) is 2.72. The van der Waals surface area contributed by atoms with E-state index in [0.29, 0.717) is 0 Å². The Balaban J connectivity index is 0.00000180. The molecule has 1 heterocycles. The van der Waals surface area contributed by atoms with Gasteiger partial charge in [0.25, 0.3) is 0 Å². The van der Waals surface area contributed by atoms with Crippen LogP contribution in [0, 0.1) is 11.3 Å². The fraction of sp³-hybridized carbons (Fsp3) is 0.533. The molecular weight excluding hydrogens is 258 g/mol. The van der Waals surface area contributed by atoms with Crippen molar-refractivity contribution in [3.63, 3.8) is 0 Å². The van der Waals surface area contributed by atoms with Crippen molar-refractivity contribution in [1.82, 2.24) is 4.90 Å². The summed E-state index contributed by atoms with van der Waals surface area (Å²) >= 11 is 0. The molecule has 4 heteroatoms. The molecule has 0 aromatic heterocycles. The zero-order valence-electron chi connectivity index (χ0n) is 11.3. The molecule has 0 atom stereocenters. The monoisotopic (exact) mass is 279 g/mol. The number of quaternary nitrogens is 1. The largest absolute Gasteiger partial charge is 1.00 e. The second-order valence-corrected chi connectivity index (χ2v) is 5.11. The first-order valence-corrected chi connectivity index (χ1v) is 6.79. The molecule has 1 fully saturated rings. The van der Waals surface area contributed by atoms with Crippen LogP contribution in [0.3, 0.4) is 0 Å². The van der Waals surface area contributed by atoms with Crippen LogP contribution < -0.4 is 18.1 Å². The molecule has 19 heavy (non-hydrogen) atoms. The Hall–Kier alpha value is -1.08. The first-order valence-electron chi connectivity index (χ1n) is 6.79. The van der Waals surface area contributed by atoms with Crippen molar-refractivity contribution < 1.29 is 18.1 Å². The SMILES string of the molecule is N#CC1(c2ccccc2)CCN(CCC[NH3+])CC1.[Cl-]. The third kappa shape index (κ3) is 3.70.